The SMILES string of the molecule is CCc1cnc(N2C[C@H]3CN(C(=O)c4cscn4)C[C@H]3C2)nc1. The van der Waals surface area contributed by atoms with Gasteiger partial charge in [0, 0.05) is 55.8 Å². The number of nitrogens with zero attached hydrogens (tertiary/aromatic N) is 5. The molecule has 23 heavy (non-hydrogen) atoms. The average molecular weight is 329 g/mol. The molecule has 120 valence electrons. The summed E-state index contributed by atoms with van der Waals surface area (Å²) >= 11 is 1.47. The fourth-order valence-electron chi connectivity index (χ4n) is 3.50. The van der Waals surface area contributed by atoms with Crippen LogP contribution in [-0.4, -0.2) is 51.9 Å². The minimum absolute atomic E-state index is 0.0655. The van der Waals surface area contributed by atoms with Crippen molar-refractivity contribution in [1.82, 2.24) is 19.9 Å². The number of carbonyl (C=O) groups excluding carboxylic acids is 1. The Hall–Kier alpha value is -2.02. The Morgan fingerprint density at radius 3 is 2.43 bits per heavy atom. The number of carbonyl (C=O) groups is 1. The zero-order chi connectivity index (χ0) is 15.8. The molecule has 4 rings (SSSR count). The monoisotopic (exact) mass is 329 g/mol. The maximum Gasteiger partial charge on any atom is 0.273 e. The van der Waals surface area contributed by atoms with E-state index >= 15 is 0 Å². The van der Waals surface area contributed by atoms with E-state index in [2.05, 4.69) is 26.8 Å². The summed E-state index contributed by atoms with van der Waals surface area (Å²) in [7, 11) is 0. The van der Waals surface area contributed by atoms with E-state index in [9.17, 15) is 4.79 Å². The third kappa shape index (κ3) is 2.69. The van der Waals surface area contributed by atoms with Crippen molar-refractivity contribution in [2.45, 2.75) is 13.3 Å². The van der Waals surface area contributed by atoms with Crippen molar-refractivity contribution < 1.29 is 4.79 Å². The minimum Gasteiger partial charge on any atom is -0.340 e. The van der Waals surface area contributed by atoms with Crippen LogP contribution in [0, 0.1) is 11.8 Å². The Labute approximate surface area is 139 Å². The van der Waals surface area contributed by atoms with Gasteiger partial charge in [0.2, 0.25) is 5.95 Å². The number of aryl methyl sites for hydroxylation is 1. The summed E-state index contributed by atoms with van der Waals surface area (Å²) in [5, 5.41) is 1.83. The Kier molecular flexibility index (Phi) is 3.72. The first kappa shape index (κ1) is 14.6. The highest BCUT2D eigenvalue weighted by atomic mass is 32.1. The molecule has 2 aromatic rings. The van der Waals surface area contributed by atoms with E-state index < -0.39 is 0 Å². The Bertz CT molecular complexity index is 673. The van der Waals surface area contributed by atoms with Gasteiger partial charge in [0.25, 0.3) is 5.91 Å². The molecule has 2 fully saturated rings. The van der Waals surface area contributed by atoms with Crippen molar-refractivity contribution in [1.29, 1.82) is 0 Å². The molecule has 7 heteroatoms. The van der Waals surface area contributed by atoms with Gasteiger partial charge < -0.3 is 9.80 Å². The maximum atomic E-state index is 12.4. The lowest BCUT2D eigenvalue weighted by Crippen LogP contribution is -2.33. The van der Waals surface area contributed by atoms with Crippen LogP contribution in [-0.2, 0) is 6.42 Å². The Morgan fingerprint density at radius 2 is 1.87 bits per heavy atom. The zero-order valence-corrected chi connectivity index (χ0v) is 13.9. The lowest BCUT2D eigenvalue weighted by molar-refractivity contribution is 0.0777. The number of anilines is 1. The standard InChI is InChI=1S/C16H19N5OS/c1-2-11-3-17-16(18-4-11)21-7-12-5-20(6-13(12)8-21)15(22)14-9-23-10-19-14/h3-4,9-10,12-13H,2,5-8H2,1H3/t12-,13+. The second kappa shape index (κ2) is 5.88. The molecule has 2 atom stereocenters. The molecule has 2 saturated heterocycles. The Balaban J connectivity index is 1.40. The maximum absolute atomic E-state index is 12.4. The molecular formula is C16H19N5OS. The summed E-state index contributed by atoms with van der Waals surface area (Å²) < 4.78 is 0. The van der Waals surface area contributed by atoms with Crippen LogP contribution in [0.1, 0.15) is 23.0 Å². The van der Waals surface area contributed by atoms with Crippen molar-refractivity contribution in [3.8, 4) is 0 Å². The van der Waals surface area contributed by atoms with Gasteiger partial charge in [-0.1, -0.05) is 6.92 Å². The average Bonchev–Trinajstić information content (AvgIpc) is 3.29. The molecule has 4 heterocycles. The first-order valence-corrected chi connectivity index (χ1v) is 8.92. The third-order valence-corrected chi connectivity index (χ3v) is 5.39. The van der Waals surface area contributed by atoms with Gasteiger partial charge >= 0.3 is 0 Å². The van der Waals surface area contributed by atoms with E-state index in [1.54, 1.807) is 5.51 Å². The van der Waals surface area contributed by atoms with Crippen molar-refractivity contribution in [2.24, 2.45) is 11.8 Å². The van der Waals surface area contributed by atoms with Crippen molar-refractivity contribution in [3.63, 3.8) is 0 Å². The molecule has 0 saturated carbocycles. The molecule has 0 unspecified atom stereocenters. The third-order valence-electron chi connectivity index (χ3n) is 4.81. The second-order valence-corrected chi connectivity index (χ2v) is 6.97. The zero-order valence-electron chi connectivity index (χ0n) is 13.1. The molecule has 2 aromatic heterocycles. The fraction of sp³-hybridized carbons (Fsp3) is 0.500. The van der Waals surface area contributed by atoms with Gasteiger partial charge in [0.15, 0.2) is 0 Å². The summed E-state index contributed by atoms with van der Waals surface area (Å²) in [5.41, 5.74) is 3.45. The van der Waals surface area contributed by atoms with Crippen LogP contribution in [0.25, 0.3) is 0 Å². The molecular weight excluding hydrogens is 310 g/mol. The van der Waals surface area contributed by atoms with Crippen molar-refractivity contribution >= 4 is 23.2 Å². The molecule has 0 radical (unpaired) electrons. The second-order valence-electron chi connectivity index (χ2n) is 6.25. The highest BCUT2D eigenvalue weighted by Crippen LogP contribution is 2.33. The van der Waals surface area contributed by atoms with Crippen LogP contribution in [0.5, 0.6) is 0 Å². The molecule has 6 nitrogen and oxygen atoms in total. The summed E-state index contributed by atoms with van der Waals surface area (Å²) in [6.07, 6.45) is 4.78. The number of fused-ring (bicyclic) bond motifs is 1. The lowest BCUT2D eigenvalue weighted by atomic mass is 10.0. The molecule has 0 N–H and O–H groups in total. The van der Waals surface area contributed by atoms with E-state index in [1.807, 2.05) is 22.7 Å². The molecule has 0 aliphatic carbocycles. The largest absolute Gasteiger partial charge is 0.340 e. The van der Waals surface area contributed by atoms with Crippen LogP contribution in [0.3, 0.4) is 0 Å². The van der Waals surface area contributed by atoms with Crippen LogP contribution in [0.2, 0.25) is 0 Å². The highest BCUT2D eigenvalue weighted by molar-refractivity contribution is 7.07. The number of hydrogen-bond donors (Lipinski definition) is 0. The number of hydrogen-bond acceptors (Lipinski definition) is 6. The highest BCUT2D eigenvalue weighted by Gasteiger charge is 2.42. The summed E-state index contributed by atoms with van der Waals surface area (Å²) in [4.78, 5) is 29.7. The molecule has 1 amide bonds. The van der Waals surface area contributed by atoms with Gasteiger partial charge in [-0.3, -0.25) is 4.79 Å². The normalized spacial score (nSPS) is 23.3. The van der Waals surface area contributed by atoms with Crippen LogP contribution < -0.4 is 4.90 Å². The lowest BCUT2D eigenvalue weighted by Gasteiger charge is -2.21. The van der Waals surface area contributed by atoms with Gasteiger partial charge in [-0.05, 0) is 12.0 Å². The molecule has 0 aromatic carbocycles. The van der Waals surface area contributed by atoms with Crippen molar-refractivity contribution in [3.05, 3.63) is 34.5 Å². The van der Waals surface area contributed by atoms with Gasteiger partial charge in [0.05, 0.1) is 5.51 Å². The van der Waals surface area contributed by atoms with Gasteiger partial charge in [-0.25, -0.2) is 15.0 Å². The number of amides is 1. The van der Waals surface area contributed by atoms with Crippen LogP contribution in [0.15, 0.2) is 23.3 Å². The van der Waals surface area contributed by atoms with Crippen molar-refractivity contribution in [2.75, 3.05) is 31.1 Å². The van der Waals surface area contributed by atoms with Crippen LogP contribution in [0.4, 0.5) is 5.95 Å². The van der Waals surface area contributed by atoms with E-state index in [0.29, 0.717) is 17.5 Å². The molecule has 2 aliphatic heterocycles. The molecule has 0 spiro atoms. The topological polar surface area (TPSA) is 62.2 Å². The molecule has 0 bridgehead atoms. The number of aromatic nitrogens is 3. The summed E-state index contributed by atoms with van der Waals surface area (Å²) in [5.74, 6) is 1.89. The summed E-state index contributed by atoms with van der Waals surface area (Å²) in [6.45, 7) is 5.58. The summed E-state index contributed by atoms with van der Waals surface area (Å²) in [6, 6.07) is 0. The predicted octanol–water partition coefficient (Wildman–Crippen LogP) is 1.70. The fourth-order valence-corrected chi connectivity index (χ4v) is 4.02. The number of likely N-dealkylation sites (tertiary alicyclic amines) is 1. The van der Waals surface area contributed by atoms with Crippen LogP contribution >= 0.6 is 11.3 Å². The first-order valence-electron chi connectivity index (χ1n) is 7.98. The van der Waals surface area contributed by atoms with Gasteiger partial charge in [0.1, 0.15) is 5.69 Å². The van der Waals surface area contributed by atoms with Gasteiger partial charge in [-0.2, -0.15) is 0 Å². The number of rotatable bonds is 3. The van der Waals surface area contributed by atoms with E-state index in [0.717, 1.165) is 44.1 Å². The Morgan fingerprint density at radius 1 is 1.17 bits per heavy atom. The van der Waals surface area contributed by atoms with E-state index in [1.165, 1.54) is 11.3 Å². The van der Waals surface area contributed by atoms with E-state index in [4.69, 9.17) is 0 Å². The first-order chi connectivity index (χ1) is 11.2. The van der Waals surface area contributed by atoms with E-state index in [-0.39, 0.29) is 5.91 Å². The minimum atomic E-state index is 0.0655. The predicted molar refractivity (Wildman–Crippen MR) is 88.6 cm³/mol. The quantitative estimate of drug-likeness (QED) is 0.858. The molecule has 2 aliphatic rings. The smallest absolute Gasteiger partial charge is 0.273 e. The number of thiazole rings is 1. The van der Waals surface area contributed by atoms with Gasteiger partial charge in [-0.15, -0.1) is 11.3 Å².